The maximum Gasteiger partial charge on any atom is 0.274 e. The Labute approximate surface area is 216 Å². The van der Waals surface area contributed by atoms with Crippen molar-refractivity contribution in [1.29, 1.82) is 0 Å². The van der Waals surface area contributed by atoms with Gasteiger partial charge in [-0.15, -0.1) is 0 Å². The summed E-state index contributed by atoms with van der Waals surface area (Å²) in [5.41, 5.74) is 4.18. The number of rotatable bonds is 6. The summed E-state index contributed by atoms with van der Waals surface area (Å²) >= 11 is 0. The molecule has 0 radical (unpaired) electrons. The van der Waals surface area contributed by atoms with E-state index in [9.17, 15) is 18.4 Å². The number of aryl methyl sites for hydroxylation is 3. The molecular weight excluding hydrogens is 490 g/mol. The molecule has 0 aliphatic rings. The van der Waals surface area contributed by atoms with E-state index in [1.54, 1.807) is 50.4 Å². The Balaban J connectivity index is 1.43. The van der Waals surface area contributed by atoms with Gasteiger partial charge in [-0.3, -0.25) is 9.59 Å². The molecule has 8 nitrogen and oxygen atoms in total. The largest absolute Gasteiger partial charge is 0.355 e. The summed E-state index contributed by atoms with van der Waals surface area (Å²) in [4.78, 5) is 36.8. The third-order valence-corrected chi connectivity index (χ3v) is 6.24. The van der Waals surface area contributed by atoms with Crippen LogP contribution in [0.5, 0.6) is 0 Å². The normalized spacial score (nSPS) is 11.1. The van der Waals surface area contributed by atoms with Gasteiger partial charge in [-0.05, 0) is 61.4 Å². The number of alkyl halides is 1. The van der Waals surface area contributed by atoms with Gasteiger partial charge in [0, 0.05) is 29.7 Å². The molecule has 5 aromatic rings. The van der Waals surface area contributed by atoms with Crippen LogP contribution in [0, 0.1) is 19.7 Å². The van der Waals surface area contributed by atoms with E-state index < -0.39 is 18.4 Å². The third kappa shape index (κ3) is 4.75. The smallest absolute Gasteiger partial charge is 0.274 e. The lowest BCUT2D eigenvalue weighted by Gasteiger charge is -2.13. The molecule has 3 aromatic carbocycles. The molecule has 0 atom stereocenters. The fourth-order valence-electron chi connectivity index (χ4n) is 4.07. The van der Waals surface area contributed by atoms with E-state index in [-0.39, 0.29) is 22.8 Å². The molecular formula is C28H24F2N6O2. The molecule has 2 aromatic heterocycles. The van der Waals surface area contributed by atoms with Gasteiger partial charge in [0.05, 0.1) is 17.2 Å². The molecule has 10 heteroatoms. The molecule has 0 aliphatic carbocycles. The van der Waals surface area contributed by atoms with Gasteiger partial charge < -0.3 is 20.2 Å². The Morgan fingerprint density at radius 2 is 1.79 bits per heavy atom. The van der Waals surface area contributed by atoms with Crippen molar-refractivity contribution >= 4 is 33.9 Å². The fraction of sp³-hybridized carbons (Fsp3) is 0.143. The lowest BCUT2D eigenvalue weighted by atomic mass is 10.1. The molecule has 192 valence electrons. The molecule has 0 bridgehead atoms. The van der Waals surface area contributed by atoms with Crippen LogP contribution < -0.4 is 16.2 Å². The number of carbonyl (C=O) groups excluding carboxylic acids is 1. The number of H-pyrrole nitrogens is 1. The Hall–Kier alpha value is -4.86. The minimum atomic E-state index is -0.905. The van der Waals surface area contributed by atoms with Crippen LogP contribution in [-0.4, -0.2) is 25.4 Å². The lowest BCUT2D eigenvalue weighted by molar-refractivity contribution is 0.102. The SMILES string of the molecule is Cc1ccc(-c2nc(CF)[nH]c2C(=O)Nc2ccc(C)c(Nc3ccc4ncn(C)c(=O)c4c3)c2)cc1F. The first kappa shape index (κ1) is 24.8. The van der Waals surface area contributed by atoms with E-state index in [0.29, 0.717) is 39.1 Å². The van der Waals surface area contributed by atoms with Crippen LogP contribution in [0.3, 0.4) is 0 Å². The van der Waals surface area contributed by atoms with Crippen LogP contribution in [0.25, 0.3) is 22.2 Å². The molecule has 0 aliphatic heterocycles. The number of benzene rings is 3. The van der Waals surface area contributed by atoms with Gasteiger partial charge in [0.25, 0.3) is 11.5 Å². The minimum Gasteiger partial charge on any atom is -0.355 e. The van der Waals surface area contributed by atoms with Crippen molar-refractivity contribution in [1.82, 2.24) is 19.5 Å². The number of nitrogens with one attached hydrogen (secondary N) is 3. The standard InChI is InChI=1S/C28H24F2N6O2/c1-15-4-6-17(10-21(15)30)25-26(35-24(13-29)34-25)27(37)33-19-7-5-16(2)23(12-19)32-18-8-9-22-20(11-18)28(38)36(3)14-31-22/h4-12,14,32H,13H2,1-3H3,(H,33,37)(H,34,35). The summed E-state index contributed by atoms with van der Waals surface area (Å²) in [5.74, 6) is -1.03. The van der Waals surface area contributed by atoms with Crippen molar-refractivity contribution in [2.45, 2.75) is 20.5 Å². The van der Waals surface area contributed by atoms with Gasteiger partial charge >= 0.3 is 0 Å². The second kappa shape index (κ2) is 9.89. The molecule has 0 fully saturated rings. The second-order valence-corrected chi connectivity index (χ2v) is 9.01. The van der Waals surface area contributed by atoms with Crippen LogP contribution in [-0.2, 0) is 13.7 Å². The number of carbonyl (C=O) groups is 1. The molecule has 5 rings (SSSR count). The maximum absolute atomic E-state index is 14.2. The number of halogens is 2. The zero-order chi connectivity index (χ0) is 27.0. The number of aromatic nitrogens is 4. The van der Waals surface area contributed by atoms with Gasteiger partial charge in [-0.2, -0.15) is 0 Å². The van der Waals surface area contributed by atoms with Crippen molar-refractivity contribution in [2.24, 2.45) is 7.05 Å². The Bertz CT molecular complexity index is 1760. The number of amides is 1. The fourth-order valence-corrected chi connectivity index (χ4v) is 4.07. The number of hydrogen-bond donors (Lipinski definition) is 3. The summed E-state index contributed by atoms with van der Waals surface area (Å²) in [7, 11) is 1.64. The number of nitrogens with zero attached hydrogens (tertiary/aromatic N) is 3. The van der Waals surface area contributed by atoms with Crippen molar-refractivity contribution in [3.63, 3.8) is 0 Å². The van der Waals surface area contributed by atoms with Gasteiger partial charge in [0.2, 0.25) is 0 Å². The highest BCUT2D eigenvalue weighted by Crippen LogP contribution is 2.28. The van der Waals surface area contributed by atoms with E-state index in [0.717, 1.165) is 5.56 Å². The first-order chi connectivity index (χ1) is 18.2. The lowest BCUT2D eigenvalue weighted by Crippen LogP contribution is -2.16. The van der Waals surface area contributed by atoms with Gasteiger partial charge in [0.15, 0.2) is 0 Å². The second-order valence-electron chi connectivity index (χ2n) is 9.01. The van der Waals surface area contributed by atoms with Gasteiger partial charge in [-0.25, -0.2) is 18.7 Å². The molecule has 38 heavy (non-hydrogen) atoms. The minimum absolute atomic E-state index is 0.0221. The number of imidazole rings is 1. The van der Waals surface area contributed by atoms with Crippen LogP contribution >= 0.6 is 0 Å². The zero-order valence-corrected chi connectivity index (χ0v) is 20.9. The van der Waals surface area contributed by atoms with Crippen molar-refractivity contribution in [2.75, 3.05) is 10.6 Å². The van der Waals surface area contributed by atoms with Gasteiger partial charge in [0.1, 0.15) is 29.7 Å². The Morgan fingerprint density at radius 3 is 2.55 bits per heavy atom. The Kier molecular flexibility index (Phi) is 6.46. The molecule has 0 unspecified atom stereocenters. The monoisotopic (exact) mass is 514 g/mol. The number of fused-ring (bicyclic) bond motifs is 1. The van der Waals surface area contributed by atoms with E-state index in [2.05, 4.69) is 25.6 Å². The first-order valence-corrected chi connectivity index (χ1v) is 11.8. The number of aromatic amines is 1. The third-order valence-electron chi connectivity index (χ3n) is 6.24. The van der Waals surface area contributed by atoms with Crippen molar-refractivity contribution in [3.8, 4) is 11.3 Å². The molecule has 1 amide bonds. The molecule has 2 heterocycles. The van der Waals surface area contributed by atoms with E-state index >= 15 is 0 Å². The highest BCUT2D eigenvalue weighted by molar-refractivity contribution is 6.07. The summed E-state index contributed by atoms with van der Waals surface area (Å²) in [5, 5.41) is 6.57. The van der Waals surface area contributed by atoms with Gasteiger partial charge in [-0.1, -0.05) is 18.2 Å². The number of hydrogen-bond acceptors (Lipinski definition) is 5. The first-order valence-electron chi connectivity index (χ1n) is 11.8. The van der Waals surface area contributed by atoms with Crippen molar-refractivity contribution in [3.05, 3.63) is 99.7 Å². The topological polar surface area (TPSA) is 105 Å². The van der Waals surface area contributed by atoms with Crippen LogP contribution in [0.1, 0.15) is 27.4 Å². The average Bonchev–Trinajstić information content (AvgIpc) is 3.35. The summed E-state index contributed by atoms with van der Waals surface area (Å²) in [6, 6.07) is 15.1. The maximum atomic E-state index is 14.2. The Morgan fingerprint density at radius 1 is 1.03 bits per heavy atom. The summed E-state index contributed by atoms with van der Waals surface area (Å²) in [6.07, 6.45) is 1.48. The van der Waals surface area contributed by atoms with E-state index in [1.165, 1.54) is 17.0 Å². The predicted molar refractivity (Wildman–Crippen MR) is 143 cm³/mol. The molecule has 0 saturated heterocycles. The zero-order valence-electron chi connectivity index (χ0n) is 20.9. The molecule has 0 spiro atoms. The summed E-state index contributed by atoms with van der Waals surface area (Å²) < 4.78 is 29.0. The van der Waals surface area contributed by atoms with Crippen molar-refractivity contribution < 1.29 is 13.6 Å². The highest BCUT2D eigenvalue weighted by Gasteiger charge is 2.20. The predicted octanol–water partition coefficient (Wildman–Crippen LogP) is 5.54. The van der Waals surface area contributed by atoms with Crippen LogP contribution in [0.4, 0.5) is 25.8 Å². The van der Waals surface area contributed by atoms with Crippen LogP contribution in [0.2, 0.25) is 0 Å². The highest BCUT2D eigenvalue weighted by atomic mass is 19.1. The quantitative estimate of drug-likeness (QED) is 0.276. The summed E-state index contributed by atoms with van der Waals surface area (Å²) in [6.45, 7) is 2.63. The number of anilines is 3. The van der Waals surface area contributed by atoms with Crippen LogP contribution in [0.15, 0.2) is 65.7 Å². The van der Waals surface area contributed by atoms with E-state index in [1.807, 2.05) is 19.1 Å². The van der Waals surface area contributed by atoms with E-state index in [4.69, 9.17) is 0 Å². The molecule has 0 saturated carbocycles. The average molecular weight is 515 g/mol. The molecule has 3 N–H and O–H groups in total.